The Morgan fingerprint density at radius 2 is 1.87 bits per heavy atom. The standard InChI is InChI=1S/C22H24FN5OS/c1-15-17(14-27-10-12-30-13-11-27)4-3-5-20(15)25-22(29)21-24-16(2)28(26-21)19-8-6-18(23)7-9-19/h3-9H,10-14H2,1-2H3,(H,25,29). The van der Waals surface area contributed by atoms with Crippen molar-refractivity contribution in [3.05, 3.63) is 71.1 Å². The lowest BCUT2D eigenvalue weighted by atomic mass is 10.1. The zero-order chi connectivity index (χ0) is 21.1. The molecule has 8 heteroatoms. The zero-order valence-electron chi connectivity index (χ0n) is 17.1. The highest BCUT2D eigenvalue weighted by Crippen LogP contribution is 2.22. The van der Waals surface area contributed by atoms with Crippen LogP contribution < -0.4 is 5.32 Å². The molecular formula is C22H24FN5OS. The number of carbonyl (C=O) groups is 1. The molecule has 0 unspecified atom stereocenters. The van der Waals surface area contributed by atoms with Crippen LogP contribution in [0.3, 0.4) is 0 Å². The van der Waals surface area contributed by atoms with Gasteiger partial charge in [-0.15, -0.1) is 5.10 Å². The fourth-order valence-corrected chi connectivity index (χ4v) is 4.46. The van der Waals surface area contributed by atoms with Crippen molar-refractivity contribution in [3.63, 3.8) is 0 Å². The number of benzene rings is 2. The first-order valence-electron chi connectivity index (χ1n) is 9.91. The van der Waals surface area contributed by atoms with Gasteiger partial charge in [-0.05, 0) is 55.3 Å². The monoisotopic (exact) mass is 425 g/mol. The van der Waals surface area contributed by atoms with E-state index in [1.807, 2.05) is 30.8 Å². The summed E-state index contributed by atoms with van der Waals surface area (Å²) in [7, 11) is 0. The van der Waals surface area contributed by atoms with Crippen molar-refractivity contribution in [2.24, 2.45) is 0 Å². The third kappa shape index (κ3) is 4.55. The lowest BCUT2D eigenvalue weighted by molar-refractivity contribution is 0.101. The summed E-state index contributed by atoms with van der Waals surface area (Å²) in [6.07, 6.45) is 0. The number of thioether (sulfide) groups is 1. The van der Waals surface area contributed by atoms with Gasteiger partial charge >= 0.3 is 0 Å². The molecule has 30 heavy (non-hydrogen) atoms. The topological polar surface area (TPSA) is 63.1 Å². The third-order valence-electron chi connectivity index (χ3n) is 5.24. The van der Waals surface area contributed by atoms with E-state index < -0.39 is 0 Å². The van der Waals surface area contributed by atoms with E-state index in [-0.39, 0.29) is 17.5 Å². The molecule has 0 saturated carbocycles. The van der Waals surface area contributed by atoms with Crippen LogP contribution in [0.15, 0.2) is 42.5 Å². The van der Waals surface area contributed by atoms with Gasteiger partial charge in [0, 0.05) is 36.8 Å². The second-order valence-corrected chi connectivity index (χ2v) is 8.53. The molecule has 4 rings (SSSR count). The minimum absolute atomic E-state index is 0.0784. The van der Waals surface area contributed by atoms with E-state index in [4.69, 9.17) is 0 Å². The van der Waals surface area contributed by atoms with Crippen molar-refractivity contribution in [1.82, 2.24) is 19.7 Å². The highest BCUT2D eigenvalue weighted by atomic mass is 32.2. The summed E-state index contributed by atoms with van der Waals surface area (Å²) in [5, 5.41) is 7.26. The van der Waals surface area contributed by atoms with Crippen molar-refractivity contribution in [1.29, 1.82) is 0 Å². The van der Waals surface area contributed by atoms with Crippen LogP contribution in [0.25, 0.3) is 5.69 Å². The smallest absolute Gasteiger partial charge is 0.295 e. The molecule has 1 fully saturated rings. The molecular weight excluding hydrogens is 401 g/mol. The zero-order valence-corrected chi connectivity index (χ0v) is 17.9. The lowest BCUT2D eigenvalue weighted by Crippen LogP contribution is -2.32. The van der Waals surface area contributed by atoms with Crippen LogP contribution in [0, 0.1) is 19.7 Å². The Morgan fingerprint density at radius 3 is 2.60 bits per heavy atom. The van der Waals surface area contributed by atoms with Gasteiger partial charge in [0.25, 0.3) is 5.91 Å². The summed E-state index contributed by atoms with van der Waals surface area (Å²) in [6, 6.07) is 11.9. The quantitative estimate of drug-likeness (QED) is 0.673. The van der Waals surface area contributed by atoms with Crippen LogP contribution in [0.1, 0.15) is 27.6 Å². The number of hydrogen-bond donors (Lipinski definition) is 1. The molecule has 0 radical (unpaired) electrons. The second kappa shape index (κ2) is 8.97. The Hall–Kier alpha value is -2.71. The van der Waals surface area contributed by atoms with Crippen molar-refractivity contribution < 1.29 is 9.18 Å². The van der Waals surface area contributed by atoms with Gasteiger partial charge in [0.2, 0.25) is 5.82 Å². The molecule has 2 aromatic carbocycles. The molecule has 3 aromatic rings. The predicted octanol–water partition coefficient (Wildman–Crippen LogP) is 3.82. The number of anilines is 1. The Morgan fingerprint density at radius 1 is 1.13 bits per heavy atom. The summed E-state index contributed by atoms with van der Waals surface area (Å²) in [5.41, 5.74) is 3.68. The Balaban J connectivity index is 1.51. The molecule has 0 spiro atoms. The maximum Gasteiger partial charge on any atom is 0.295 e. The molecule has 6 nitrogen and oxygen atoms in total. The van der Waals surface area contributed by atoms with Gasteiger partial charge in [-0.2, -0.15) is 11.8 Å². The number of hydrogen-bond acceptors (Lipinski definition) is 5. The summed E-state index contributed by atoms with van der Waals surface area (Å²) < 4.78 is 14.7. The van der Waals surface area contributed by atoms with Gasteiger partial charge in [-0.1, -0.05) is 12.1 Å². The Bertz CT molecular complexity index is 1040. The van der Waals surface area contributed by atoms with Crippen molar-refractivity contribution >= 4 is 23.4 Å². The van der Waals surface area contributed by atoms with E-state index in [2.05, 4.69) is 26.4 Å². The van der Waals surface area contributed by atoms with E-state index >= 15 is 0 Å². The largest absolute Gasteiger partial charge is 0.319 e. The molecule has 2 heterocycles. The summed E-state index contributed by atoms with van der Waals surface area (Å²) >= 11 is 1.99. The molecule has 1 amide bonds. The van der Waals surface area contributed by atoms with Crippen LogP contribution in [0.5, 0.6) is 0 Å². The maximum absolute atomic E-state index is 13.2. The third-order valence-corrected chi connectivity index (χ3v) is 6.18. The van der Waals surface area contributed by atoms with E-state index in [0.29, 0.717) is 11.5 Å². The number of amides is 1. The first kappa shape index (κ1) is 20.6. The lowest BCUT2D eigenvalue weighted by Gasteiger charge is -2.27. The molecule has 0 bridgehead atoms. The van der Waals surface area contributed by atoms with Crippen molar-refractivity contribution in [2.45, 2.75) is 20.4 Å². The van der Waals surface area contributed by atoms with Crippen molar-refractivity contribution in [2.75, 3.05) is 29.9 Å². The van der Waals surface area contributed by atoms with Gasteiger partial charge < -0.3 is 5.32 Å². The fourth-order valence-electron chi connectivity index (χ4n) is 3.48. The molecule has 156 valence electrons. The minimum atomic E-state index is -0.367. The average molecular weight is 426 g/mol. The molecule has 0 aliphatic carbocycles. The van der Waals surface area contributed by atoms with Gasteiger partial charge in [0.1, 0.15) is 11.6 Å². The SMILES string of the molecule is Cc1c(CN2CCSCC2)cccc1NC(=O)c1nc(C)n(-c2ccc(F)cc2)n1. The van der Waals surface area contributed by atoms with E-state index in [0.717, 1.165) is 42.4 Å². The highest BCUT2D eigenvalue weighted by Gasteiger charge is 2.18. The number of nitrogens with zero attached hydrogens (tertiary/aromatic N) is 4. The van der Waals surface area contributed by atoms with E-state index in [1.54, 1.807) is 19.1 Å². The summed E-state index contributed by atoms with van der Waals surface area (Å²) in [5.74, 6) is 2.27. The number of halogens is 1. The summed E-state index contributed by atoms with van der Waals surface area (Å²) in [4.78, 5) is 19.5. The highest BCUT2D eigenvalue weighted by molar-refractivity contribution is 7.99. The molecule has 1 saturated heterocycles. The van der Waals surface area contributed by atoms with Crippen LogP contribution >= 0.6 is 11.8 Å². The Kier molecular flexibility index (Phi) is 6.15. The van der Waals surface area contributed by atoms with Crippen LogP contribution in [0.4, 0.5) is 10.1 Å². The number of rotatable bonds is 5. The first-order chi connectivity index (χ1) is 14.5. The number of aryl methyl sites for hydroxylation is 1. The van der Waals surface area contributed by atoms with E-state index in [1.165, 1.54) is 22.4 Å². The normalized spacial score (nSPS) is 14.6. The van der Waals surface area contributed by atoms with Crippen LogP contribution in [-0.4, -0.2) is 50.2 Å². The second-order valence-electron chi connectivity index (χ2n) is 7.30. The molecule has 1 N–H and O–H groups in total. The average Bonchev–Trinajstić information content (AvgIpc) is 3.14. The molecule has 1 aliphatic heterocycles. The summed E-state index contributed by atoms with van der Waals surface area (Å²) in [6.45, 7) is 6.84. The van der Waals surface area contributed by atoms with Crippen LogP contribution in [0.2, 0.25) is 0 Å². The fraction of sp³-hybridized carbons (Fsp3) is 0.318. The van der Waals surface area contributed by atoms with Gasteiger partial charge in [0.05, 0.1) is 5.69 Å². The van der Waals surface area contributed by atoms with Crippen LogP contribution in [-0.2, 0) is 6.54 Å². The molecule has 0 atom stereocenters. The number of carbonyl (C=O) groups excluding carboxylic acids is 1. The first-order valence-corrected chi connectivity index (χ1v) is 11.1. The van der Waals surface area contributed by atoms with Gasteiger partial charge in [-0.3, -0.25) is 9.69 Å². The maximum atomic E-state index is 13.2. The number of nitrogens with one attached hydrogen (secondary N) is 1. The Labute approximate surface area is 179 Å². The van der Waals surface area contributed by atoms with E-state index in [9.17, 15) is 9.18 Å². The molecule has 1 aliphatic rings. The van der Waals surface area contributed by atoms with Gasteiger partial charge in [0.15, 0.2) is 0 Å². The minimum Gasteiger partial charge on any atom is -0.319 e. The predicted molar refractivity (Wildman–Crippen MR) is 118 cm³/mol. The molecule has 1 aromatic heterocycles. The van der Waals surface area contributed by atoms with Crippen molar-refractivity contribution in [3.8, 4) is 5.69 Å². The van der Waals surface area contributed by atoms with Gasteiger partial charge in [-0.25, -0.2) is 14.1 Å². The number of aromatic nitrogens is 3.